The Labute approximate surface area is 168 Å². The highest BCUT2D eigenvalue weighted by Crippen LogP contribution is 2.20. The lowest BCUT2D eigenvalue weighted by Crippen LogP contribution is -3.09. The van der Waals surface area contributed by atoms with Gasteiger partial charge in [0.15, 0.2) is 6.54 Å². The molecule has 1 heterocycles. The number of carbonyl (C=O) groups is 1. The number of quaternary nitrogens is 1. The van der Waals surface area contributed by atoms with Crippen LogP contribution in [0.5, 0.6) is 5.75 Å². The van der Waals surface area contributed by atoms with Crippen molar-refractivity contribution < 1.29 is 14.4 Å². The van der Waals surface area contributed by atoms with Crippen LogP contribution in [0.4, 0.5) is 5.69 Å². The lowest BCUT2D eigenvalue weighted by Gasteiger charge is -2.36. The number of aryl methyl sites for hydroxylation is 2. The monoisotopic (exact) mass is 382 g/mol. The molecule has 0 aromatic heterocycles. The topological polar surface area (TPSA) is 37.2 Å². The number of rotatable bonds is 6. The predicted octanol–water partition coefficient (Wildman–Crippen LogP) is 1.68. The van der Waals surface area contributed by atoms with Crippen molar-refractivity contribution in [2.24, 2.45) is 0 Å². The average molecular weight is 383 g/mol. The van der Waals surface area contributed by atoms with Crippen LogP contribution in [0, 0.1) is 13.8 Å². The van der Waals surface area contributed by atoms with Gasteiger partial charge in [0, 0.05) is 37.4 Å². The van der Waals surface area contributed by atoms with Gasteiger partial charge in [-0.05, 0) is 43.7 Å². The quantitative estimate of drug-likeness (QED) is 0.826. The van der Waals surface area contributed by atoms with Crippen LogP contribution >= 0.6 is 0 Å². The van der Waals surface area contributed by atoms with E-state index in [1.165, 1.54) is 27.3 Å². The zero-order valence-electron chi connectivity index (χ0n) is 17.5. The summed E-state index contributed by atoms with van der Waals surface area (Å²) in [4.78, 5) is 18.3. The second-order valence-electron chi connectivity index (χ2n) is 7.81. The highest BCUT2D eigenvalue weighted by molar-refractivity contribution is 5.77. The number of hydrogen-bond donors (Lipinski definition) is 1. The first-order chi connectivity index (χ1) is 13.5. The van der Waals surface area contributed by atoms with Gasteiger partial charge in [-0.3, -0.25) is 4.79 Å². The van der Waals surface area contributed by atoms with Gasteiger partial charge in [-0.25, -0.2) is 0 Å². The number of amides is 1. The molecule has 150 valence electrons. The summed E-state index contributed by atoms with van der Waals surface area (Å²) < 4.78 is 5.22. The first-order valence-electron chi connectivity index (χ1n) is 10.0. The number of hydrogen-bond acceptors (Lipinski definition) is 3. The number of piperazine rings is 1. The van der Waals surface area contributed by atoms with E-state index in [0.29, 0.717) is 6.54 Å². The Balaban J connectivity index is 1.49. The number of nitrogens with zero attached hydrogens (tertiary/aromatic N) is 2. The number of carbonyl (C=O) groups excluding carboxylic acids is 1. The lowest BCUT2D eigenvalue weighted by atomic mass is 10.1. The van der Waals surface area contributed by atoms with Gasteiger partial charge in [0.05, 0.1) is 14.2 Å². The van der Waals surface area contributed by atoms with E-state index >= 15 is 0 Å². The first kappa shape index (κ1) is 20.2. The smallest absolute Gasteiger partial charge is 0.277 e. The van der Waals surface area contributed by atoms with Gasteiger partial charge >= 0.3 is 0 Å². The molecule has 0 spiro atoms. The maximum atomic E-state index is 12.7. The fraction of sp³-hybridized carbons (Fsp3) is 0.435. The molecule has 1 amide bonds. The maximum Gasteiger partial charge on any atom is 0.277 e. The van der Waals surface area contributed by atoms with Crippen LogP contribution in [0.25, 0.3) is 0 Å². The number of likely N-dealkylation sites (N-methyl/N-ethyl adjacent to an activating group) is 1. The molecule has 1 saturated heterocycles. The van der Waals surface area contributed by atoms with Crippen LogP contribution in [0.15, 0.2) is 42.5 Å². The third-order valence-corrected chi connectivity index (χ3v) is 5.51. The van der Waals surface area contributed by atoms with Gasteiger partial charge in [0.2, 0.25) is 0 Å². The molecule has 5 heteroatoms. The predicted molar refractivity (Wildman–Crippen MR) is 113 cm³/mol. The molecular weight excluding hydrogens is 350 g/mol. The molecule has 1 fully saturated rings. The van der Waals surface area contributed by atoms with Crippen LogP contribution in [0.2, 0.25) is 0 Å². The maximum absolute atomic E-state index is 12.7. The highest BCUT2D eigenvalue weighted by atomic mass is 16.5. The second-order valence-corrected chi connectivity index (χ2v) is 7.81. The summed E-state index contributed by atoms with van der Waals surface area (Å²) >= 11 is 0. The third-order valence-electron chi connectivity index (χ3n) is 5.51. The molecule has 0 aliphatic carbocycles. The molecule has 28 heavy (non-hydrogen) atoms. The Morgan fingerprint density at radius 2 is 1.71 bits per heavy atom. The van der Waals surface area contributed by atoms with Crippen LogP contribution in [0.1, 0.15) is 16.7 Å². The number of nitrogens with one attached hydrogen (secondary N) is 1. The van der Waals surface area contributed by atoms with E-state index in [4.69, 9.17) is 4.74 Å². The van der Waals surface area contributed by atoms with Crippen LogP contribution in [-0.2, 0) is 11.3 Å². The summed E-state index contributed by atoms with van der Waals surface area (Å²) in [5.41, 5.74) is 5.09. The van der Waals surface area contributed by atoms with Gasteiger partial charge in [-0.15, -0.1) is 0 Å². The molecule has 5 nitrogen and oxygen atoms in total. The minimum atomic E-state index is 0.247. The van der Waals surface area contributed by atoms with Crippen molar-refractivity contribution in [1.29, 1.82) is 0 Å². The van der Waals surface area contributed by atoms with Crippen LogP contribution in [0.3, 0.4) is 0 Å². The Morgan fingerprint density at radius 1 is 1.04 bits per heavy atom. The van der Waals surface area contributed by atoms with Crippen LogP contribution in [-0.4, -0.2) is 57.7 Å². The molecule has 1 aliphatic rings. The minimum Gasteiger partial charge on any atom is -0.497 e. The van der Waals surface area contributed by atoms with Crippen molar-refractivity contribution in [1.82, 2.24) is 4.90 Å². The van der Waals surface area contributed by atoms with Gasteiger partial charge in [-0.1, -0.05) is 23.8 Å². The Morgan fingerprint density at radius 3 is 2.32 bits per heavy atom. The van der Waals surface area contributed by atoms with Crippen molar-refractivity contribution in [2.75, 3.05) is 51.8 Å². The Hall–Kier alpha value is -2.53. The molecule has 1 N–H and O–H groups in total. The fourth-order valence-corrected chi connectivity index (χ4v) is 3.81. The summed E-state index contributed by atoms with van der Waals surface area (Å²) in [6, 6.07) is 14.7. The van der Waals surface area contributed by atoms with E-state index in [0.717, 1.165) is 38.5 Å². The number of ether oxygens (including phenoxy) is 1. The summed E-state index contributed by atoms with van der Waals surface area (Å²) in [5, 5.41) is 0. The van der Waals surface area contributed by atoms with E-state index in [1.54, 1.807) is 7.11 Å². The van der Waals surface area contributed by atoms with E-state index in [2.05, 4.69) is 56.1 Å². The lowest BCUT2D eigenvalue weighted by molar-refractivity contribution is -0.885. The van der Waals surface area contributed by atoms with Crippen molar-refractivity contribution in [3.05, 3.63) is 59.2 Å². The molecule has 0 radical (unpaired) electrons. The standard InChI is InChI=1S/C23H31N3O2/c1-18-5-6-20(19(2)15-18)16-24(3)17-23(27)26-13-11-25(12-14-26)21-7-9-22(28-4)10-8-21/h5-10,15H,11-14,16-17H2,1-4H3/p+1. The van der Waals surface area contributed by atoms with E-state index in [9.17, 15) is 4.79 Å². The summed E-state index contributed by atoms with van der Waals surface area (Å²) in [6.45, 7) is 8.98. The van der Waals surface area contributed by atoms with Gasteiger partial charge in [0.1, 0.15) is 12.3 Å². The van der Waals surface area contributed by atoms with Crippen molar-refractivity contribution in [2.45, 2.75) is 20.4 Å². The molecule has 3 rings (SSSR count). The van der Waals surface area contributed by atoms with E-state index in [-0.39, 0.29) is 5.91 Å². The first-order valence-corrected chi connectivity index (χ1v) is 10.0. The Bertz CT molecular complexity index is 796. The Kier molecular flexibility index (Phi) is 6.57. The SMILES string of the molecule is COc1ccc(N2CCN(C(=O)C[NH+](C)Cc3ccc(C)cc3C)CC2)cc1. The zero-order chi connectivity index (χ0) is 20.1. The summed E-state index contributed by atoms with van der Waals surface area (Å²) in [5.74, 6) is 1.11. The number of anilines is 1. The summed E-state index contributed by atoms with van der Waals surface area (Å²) in [7, 11) is 3.78. The van der Waals surface area contributed by atoms with E-state index in [1.807, 2.05) is 17.0 Å². The molecule has 2 aromatic rings. The van der Waals surface area contributed by atoms with Crippen molar-refractivity contribution >= 4 is 11.6 Å². The zero-order valence-corrected chi connectivity index (χ0v) is 17.5. The van der Waals surface area contributed by atoms with Gasteiger partial charge < -0.3 is 19.4 Å². The number of methoxy groups -OCH3 is 1. The molecule has 1 aliphatic heterocycles. The van der Waals surface area contributed by atoms with Gasteiger partial charge in [0.25, 0.3) is 5.91 Å². The number of benzene rings is 2. The van der Waals surface area contributed by atoms with E-state index < -0.39 is 0 Å². The van der Waals surface area contributed by atoms with Crippen molar-refractivity contribution in [3.8, 4) is 5.75 Å². The molecule has 0 saturated carbocycles. The average Bonchev–Trinajstić information content (AvgIpc) is 2.70. The van der Waals surface area contributed by atoms with Gasteiger partial charge in [-0.2, -0.15) is 0 Å². The molecule has 2 aromatic carbocycles. The summed E-state index contributed by atoms with van der Waals surface area (Å²) in [6.07, 6.45) is 0. The van der Waals surface area contributed by atoms with Crippen LogP contribution < -0.4 is 14.5 Å². The third kappa shape index (κ3) is 5.04. The largest absolute Gasteiger partial charge is 0.497 e. The second kappa shape index (κ2) is 9.11. The van der Waals surface area contributed by atoms with Crippen molar-refractivity contribution in [3.63, 3.8) is 0 Å². The molecular formula is C23H32N3O2+. The molecule has 1 atom stereocenters. The molecule has 1 unspecified atom stereocenters. The highest BCUT2D eigenvalue weighted by Gasteiger charge is 2.23. The fourth-order valence-electron chi connectivity index (χ4n) is 3.81. The normalized spacial score (nSPS) is 15.4. The molecule has 0 bridgehead atoms. The minimum absolute atomic E-state index is 0.247.